The molecule has 0 aliphatic rings. The molecule has 0 aliphatic carbocycles. The molecule has 2 rings (SSSR count). The highest BCUT2D eigenvalue weighted by Crippen LogP contribution is 2.21. The maximum atomic E-state index is 13.7. The first-order valence-electron chi connectivity index (χ1n) is 7.93. The number of benzene rings is 2. The molecule has 7 heteroatoms. The molecule has 0 saturated carbocycles. The highest BCUT2D eigenvalue weighted by Gasteiger charge is 2.20. The van der Waals surface area contributed by atoms with E-state index in [2.05, 4.69) is 10.0 Å². The maximum Gasteiger partial charge on any atom is 0.262 e. The van der Waals surface area contributed by atoms with E-state index < -0.39 is 15.8 Å². The molecule has 2 aromatic rings. The van der Waals surface area contributed by atoms with Crippen molar-refractivity contribution in [3.8, 4) is 0 Å². The van der Waals surface area contributed by atoms with Crippen LogP contribution >= 0.6 is 0 Å². The Bertz CT molecular complexity index is 882. The number of halogens is 1. The highest BCUT2D eigenvalue weighted by atomic mass is 32.2. The Labute approximate surface area is 147 Å². The second-order valence-electron chi connectivity index (χ2n) is 5.84. The Morgan fingerprint density at radius 3 is 2.52 bits per heavy atom. The molecule has 25 heavy (non-hydrogen) atoms. The van der Waals surface area contributed by atoms with Gasteiger partial charge in [-0.25, -0.2) is 12.8 Å². The number of carbonyl (C=O) groups is 1. The number of anilines is 1. The average Bonchev–Trinajstić information content (AvgIpc) is 2.56. The van der Waals surface area contributed by atoms with Crippen molar-refractivity contribution < 1.29 is 17.6 Å². The van der Waals surface area contributed by atoms with E-state index >= 15 is 0 Å². The lowest BCUT2D eigenvalue weighted by atomic mass is 10.1. The molecule has 0 bridgehead atoms. The van der Waals surface area contributed by atoms with E-state index in [1.54, 1.807) is 13.0 Å². The summed E-state index contributed by atoms with van der Waals surface area (Å²) in [7, 11) is -4.01. The zero-order valence-electron chi connectivity index (χ0n) is 14.3. The summed E-state index contributed by atoms with van der Waals surface area (Å²) in [4.78, 5) is 12.2. The molecular formula is C18H21FN2O3S. The summed E-state index contributed by atoms with van der Waals surface area (Å²) in [5, 5.41) is 2.81. The second kappa shape index (κ2) is 7.65. The number of carbonyl (C=O) groups excluding carboxylic acids is 1. The van der Waals surface area contributed by atoms with Gasteiger partial charge in [-0.15, -0.1) is 0 Å². The summed E-state index contributed by atoms with van der Waals surface area (Å²) in [6.45, 7) is 5.54. The van der Waals surface area contributed by atoms with Crippen molar-refractivity contribution in [1.82, 2.24) is 5.32 Å². The fourth-order valence-corrected chi connectivity index (χ4v) is 3.26. The first-order chi connectivity index (χ1) is 11.7. The smallest absolute Gasteiger partial charge is 0.262 e. The third-order valence-corrected chi connectivity index (χ3v) is 5.24. The van der Waals surface area contributed by atoms with Crippen LogP contribution in [0, 0.1) is 12.7 Å². The van der Waals surface area contributed by atoms with Crippen LogP contribution in [0.3, 0.4) is 0 Å². The summed E-state index contributed by atoms with van der Waals surface area (Å²) in [5.74, 6) is -1.01. The first-order valence-corrected chi connectivity index (χ1v) is 9.41. The molecule has 0 aliphatic heterocycles. The molecule has 1 amide bonds. The van der Waals surface area contributed by atoms with Gasteiger partial charge in [-0.1, -0.05) is 25.1 Å². The number of rotatable bonds is 6. The van der Waals surface area contributed by atoms with Crippen LogP contribution in [0.15, 0.2) is 47.4 Å². The summed E-state index contributed by atoms with van der Waals surface area (Å²) < 4.78 is 40.9. The number of amides is 1. The largest absolute Gasteiger partial charge is 0.350 e. The predicted molar refractivity (Wildman–Crippen MR) is 95.6 cm³/mol. The Hall–Kier alpha value is -2.41. The van der Waals surface area contributed by atoms with Crippen molar-refractivity contribution in [2.45, 2.75) is 38.1 Å². The minimum atomic E-state index is -4.01. The monoisotopic (exact) mass is 364 g/mol. The Kier molecular flexibility index (Phi) is 5.79. The zero-order chi connectivity index (χ0) is 18.6. The Morgan fingerprint density at radius 2 is 1.88 bits per heavy atom. The van der Waals surface area contributed by atoms with Gasteiger partial charge in [-0.05, 0) is 50.1 Å². The number of sulfonamides is 1. The molecular weight excluding hydrogens is 343 g/mol. The minimum absolute atomic E-state index is 0.0243. The number of para-hydroxylation sites is 1. The van der Waals surface area contributed by atoms with Crippen molar-refractivity contribution in [3.63, 3.8) is 0 Å². The van der Waals surface area contributed by atoms with Crippen LogP contribution in [0.4, 0.5) is 10.1 Å². The van der Waals surface area contributed by atoms with Crippen molar-refractivity contribution in [2.24, 2.45) is 0 Å². The number of aryl methyl sites for hydroxylation is 1. The quantitative estimate of drug-likeness (QED) is 0.824. The van der Waals surface area contributed by atoms with Gasteiger partial charge in [0.15, 0.2) is 0 Å². The standard InChI is InChI=1S/C18H21FN2O3S/c1-4-13(3)20-18(22)15-11-14(10-9-12(15)2)25(23,24)21-17-8-6-5-7-16(17)19/h5-11,13,21H,4H2,1-3H3,(H,20,22). The Morgan fingerprint density at radius 1 is 1.20 bits per heavy atom. The first kappa shape index (κ1) is 18.9. The van der Waals surface area contributed by atoms with Crippen LogP contribution < -0.4 is 10.0 Å². The molecule has 1 atom stereocenters. The summed E-state index contributed by atoms with van der Waals surface area (Å²) >= 11 is 0. The van der Waals surface area contributed by atoms with Crippen molar-refractivity contribution >= 4 is 21.6 Å². The fraction of sp³-hybridized carbons (Fsp3) is 0.278. The van der Waals surface area contributed by atoms with Crippen LogP contribution in [-0.2, 0) is 10.0 Å². The Balaban J connectivity index is 2.34. The van der Waals surface area contributed by atoms with Gasteiger partial charge in [0.2, 0.25) is 0 Å². The zero-order valence-corrected chi connectivity index (χ0v) is 15.2. The molecule has 134 valence electrons. The lowest BCUT2D eigenvalue weighted by molar-refractivity contribution is 0.0938. The number of hydrogen-bond acceptors (Lipinski definition) is 3. The normalized spacial score (nSPS) is 12.5. The van der Waals surface area contributed by atoms with Crippen LogP contribution in [0.5, 0.6) is 0 Å². The maximum absolute atomic E-state index is 13.7. The number of nitrogens with one attached hydrogen (secondary N) is 2. The van der Waals surface area contributed by atoms with Gasteiger partial charge in [0.25, 0.3) is 15.9 Å². The van der Waals surface area contributed by atoms with Gasteiger partial charge in [0.05, 0.1) is 10.6 Å². The molecule has 5 nitrogen and oxygen atoms in total. The molecule has 1 unspecified atom stereocenters. The van der Waals surface area contributed by atoms with E-state index in [1.165, 1.54) is 30.3 Å². The van der Waals surface area contributed by atoms with E-state index in [0.29, 0.717) is 5.56 Å². The molecule has 0 fully saturated rings. The van der Waals surface area contributed by atoms with Gasteiger partial charge < -0.3 is 5.32 Å². The minimum Gasteiger partial charge on any atom is -0.350 e. The van der Waals surface area contributed by atoms with Crippen molar-refractivity contribution in [3.05, 3.63) is 59.4 Å². The molecule has 0 aromatic heterocycles. The van der Waals surface area contributed by atoms with Crippen LogP contribution in [-0.4, -0.2) is 20.4 Å². The van der Waals surface area contributed by atoms with Gasteiger partial charge in [-0.2, -0.15) is 0 Å². The van der Waals surface area contributed by atoms with Crippen molar-refractivity contribution in [1.29, 1.82) is 0 Å². The lowest BCUT2D eigenvalue weighted by Gasteiger charge is -2.14. The SMILES string of the molecule is CCC(C)NC(=O)c1cc(S(=O)(=O)Nc2ccccc2F)ccc1C. The molecule has 2 N–H and O–H groups in total. The van der Waals surface area contributed by atoms with Crippen molar-refractivity contribution in [2.75, 3.05) is 4.72 Å². The third-order valence-electron chi connectivity index (χ3n) is 3.87. The van der Waals surface area contributed by atoms with Gasteiger partial charge in [0, 0.05) is 11.6 Å². The van der Waals surface area contributed by atoms with E-state index in [-0.39, 0.29) is 28.1 Å². The molecule has 0 spiro atoms. The fourth-order valence-electron chi connectivity index (χ4n) is 2.16. The van der Waals surface area contributed by atoms with E-state index in [0.717, 1.165) is 12.5 Å². The molecule has 0 radical (unpaired) electrons. The third kappa shape index (κ3) is 4.57. The molecule has 0 saturated heterocycles. The van der Waals surface area contributed by atoms with E-state index in [1.807, 2.05) is 13.8 Å². The van der Waals surface area contributed by atoms with Gasteiger partial charge >= 0.3 is 0 Å². The average molecular weight is 364 g/mol. The van der Waals surface area contributed by atoms with Crippen LogP contribution in [0.25, 0.3) is 0 Å². The lowest BCUT2D eigenvalue weighted by Crippen LogP contribution is -2.32. The van der Waals surface area contributed by atoms with Crippen LogP contribution in [0.1, 0.15) is 36.2 Å². The molecule has 0 heterocycles. The van der Waals surface area contributed by atoms with E-state index in [4.69, 9.17) is 0 Å². The highest BCUT2D eigenvalue weighted by molar-refractivity contribution is 7.92. The summed E-state index contributed by atoms with van der Waals surface area (Å²) in [6, 6.07) is 9.72. The number of hydrogen-bond donors (Lipinski definition) is 2. The van der Waals surface area contributed by atoms with Crippen LogP contribution in [0.2, 0.25) is 0 Å². The topological polar surface area (TPSA) is 75.3 Å². The van der Waals surface area contributed by atoms with Gasteiger partial charge in [0.1, 0.15) is 5.82 Å². The van der Waals surface area contributed by atoms with Gasteiger partial charge in [-0.3, -0.25) is 9.52 Å². The summed E-state index contributed by atoms with van der Waals surface area (Å²) in [6.07, 6.45) is 0.762. The summed E-state index contributed by atoms with van der Waals surface area (Å²) in [5.41, 5.74) is 0.788. The predicted octanol–water partition coefficient (Wildman–Crippen LogP) is 3.46. The second-order valence-corrected chi connectivity index (χ2v) is 7.53. The molecule has 2 aromatic carbocycles. The van der Waals surface area contributed by atoms with E-state index in [9.17, 15) is 17.6 Å².